The zero-order valence-corrected chi connectivity index (χ0v) is 14.7. The monoisotopic (exact) mass is 349 g/mol. The first-order valence-corrected chi connectivity index (χ1v) is 8.30. The molecular formula is C19H19N5O2. The molecule has 0 atom stereocenters. The maximum atomic E-state index is 12.9. The molecule has 3 rings (SSSR count). The third kappa shape index (κ3) is 3.35. The van der Waals surface area contributed by atoms with Crippen molar-refractivity contribution in [2.24, 2.45) is 0 Å². The Morgan fingerprint density at radius 1 is 1.23 bits per heavy atom. The Balaban J connectivity index is 1.91. The summed E-state index contributed by atoms with van der Waals surface area (Å²) in [6, 6.07) is 13.0. The van der Waals surface area contributed by atoms with E-state index in [2.05, 4.69) is 11.2 Å². The quantitative estimate of drug-likeness (QED) is 0.706. The number of hydrogen-bond acceptors (Lipinski definition) is 4. The van der Waals surface area contributed by atoms with Crippen LogP contribution in [0.15, 0.2) is 47.4 Å². The summed E-state index contributed by atoms with van der Waals surface area (Å²) in [5.74, 6) is -0.283. The van der Waals surface area contributed by atoms with Gasteiger partial charge in [-0.3, -0.25) is 9.20 Å². The van der Waals surface area contributed by atoms with Gasteiger partial charge in [0, 0.05) is 18.4 Å². The largest absolute Gasteiger partial charge is 0.350 e. The van der Waals surface area contributed by atoms with E-state index in [1.54, 1.807) is 24.4 Å². The maximum Gasteiger partial charge on any atom is 0.350 e. The number of nitriles is 1. The zero-order valence-electron chi connectivity index (χ0n) is 14.7. The second-order valence-corrected chi connectivity index (χ2v) is 6.09. The molecule has 0 aliphatic carbocycles. The molecule has 1 aromatic carbocycles. The third-order valence-electron chi connectivity index (χ3n) is 4.32. The SMILES string of the molecule is Cc1ccc(N(CCC#N)C(=O)Cn2nc3ccccn3c2=O)cc1C. The Bertz CT molecular complexity index is 1060. The Labute approximate surface area is 150 Å². The van der Waals surface area contributed by atoms with E-state index in [0.717, 1.165) is 15.8 Å². The molecule has 0 unspecified atom stereocenters. The van der Waals surface area contributed by atoms with E-state index in [1.807, 2.05) is 32.0 Å². The van der Waals surface area contributed by atoms with Gasteiger partial charge in [0.25, 0.3) is 0 Å². The van der Waals surface area contributed by atoms with Crippen molar-refractivity contribution >= 4 is 17.2 Å². The highest BCUT2D eigenvalue weighted by atomic mass is 16.2. The molecular weight excluding hydrogens is 330 g/mol. The molecule has 0 radical (unpaired) electrons. The molecule has 7 heteroatoms. The molecule has 0 aliphatic heterocycles. The first kappa shape index (κ1) is 17.4. The van der Waals surface area contributed by atoms with Gasteiger partial charge in [-0.25, -0.2) is 9.48 Å². The van der Waals surface area contributed by atoms with Gasteiger partial charge in [0.05, 0.1) is 12.5 Å². The number of aromatic nitrogens is 3. The lowest BCUT2D eigenvalue weighted by Crippen LogP contribution is -2.37. The summed E-state index contributed by atoms with van der Waals surface area (Å²) in [4.78, 5) is 26.8. The van der Waals surface area contributed by atoms with E-state index in [-0.39, 0.29) is 31.1 Å². The number of carbonyl (C=O) groups excluding carboxylic acids is 1. The van der Waals surface area contributed by atoms with Crippen LogP contribution in [0, 0.1) is 25.2 Å². The highest BCUT2D eigenvalue weighted by Gasteiger charge is 2.19. The van der Waals surface area contributed by atoms with Crippen LogP contribution in [-0.4, -0.2) is 26.6 Å². The molecule has 0 N–H and O–H groups in total. The molecule has 2 aromatic heterocycles. The van der Waals surface area contributed by atoms with Crippen molar-refractivity contribution in [2.45, 2.75) is 26.8 Å². The first-order chi connectivity index (χ1) is 12.5. The number of benzene rings is 1. The van der Waals surface area contributed by atoms with Gasteiger partial charge in [0.1, 0.15) is 6.54 Å². The van der Waals surface area contributed by atoms with Gasteiger partial charge in [-0.15, -0.1) is 5.10 Å². The van der Waals surface area contributed by atoms with Crippen molar-refractivity contribution in [1.82, 2.24) is 14.2 Å². The van der Waals surface area contributed by atoms with Gasteiger partial charge in [-0.05, 0) is 49.2 Å². The molecule has 3 aromatic rings. The molecule has 0 bridgehead atoms. The smallest absolute Gasteiger partial charge is 0.310 e. The summed E-state index contributed by atoms with van der Waals surface area (Å²) < 4.78 is 2.54. The third-order valence-corrected chi connectivity index (χ3v) is 4.32. The van der Waals surface area contributed by atoms with E-state index < -0.39 is 0 Å². The fourth-order valence-corrected chi connectivity index (χ4v) is 2.74. The summed E-state index contributed by atoms with van der Waals surface area (Å²) >= 11 is 0. The van der Waals surface area contributed by atoms with E-state index in [4.69, 9.17) is 5.26 Å². The number of fused-ring (bicyclic) bond motifs is 1. The van der Waals surface area contributed by atoms with Crippen molar-refractivity contribution < 1.29 is 4.79 Å². The number of hydrogen-bond donors (Lipinski definition) is 0. The molecule has 26 heavy (non-hydrogen) atoms. The topological polar surface area (TPSA) is 83.4 Å². The summed E-state index contributed by atoms with van der Waals surface area (Å²) in [5, 5.41) is 13.1. The molecule has 0 fully saturated rings. The van der Waals surface area contributed by atoms with Crippen LogP contribution in [0.25, 0.3) is 5.65 Å². The van der Waals surface area contributed by atoms with Gasteiger partial charge in [-0.2, -0.15) is 5.26 Å². The van der Waals surface area contributed by atoms with Crippen molar-refractivity contribution in [3.8, 4) is 6.07 Å². The lowest BCUT2D eigenvalue weighted by Gasteiger charge is -2.22. The van der Waals surface area contributed by atoms with Gasteiger partial charge < -0.3 is 4.90 Å². The molecule has 0 saturated carbocycles. The van der Waals surface area contributed by atoms with Crippen molar-refractivity contribution in [1.29, 1.82) is 5.26 Å². The Morgan fingerprint density at radius 3 is 2.73 bits per heavy atom. The van der Waals surface area contributed by atoms with Gasteiger partial charge in [-0.1, -0.05) is 12.1 Å². The lowest BCUT2D eigenvalue weighted by molar-refractivity contribution is -0.119. The summed E-state index contributed by atoms with van der Waals surface area (Å²) in [6.07, 6.45) is 1.82. The minimum absolute atomic E-state index is 0.182. The van der Waals surface area contributed by atoms with E-state index in [0.29, 0.717) is 11.3 Å². The molecule has 1 amide bonds. The van der Waals surface area contributed by atoms with Gasteiger partial charge >= 0.3 is 5.69 Å². The minimum atomic E-state index is -0.366. The zero-order chi connectivity index (χ0) is 18.7. The fourth-order valence-electron chi connectivity index (χ4n) is 2.74. The van der Waals surface area contributed by atoms with Crippen molar-refractivity contribution in [2.75, 3.05) is 11.4 Å². The number of nitrogens with zero attached hydrogens (tertiary/aromatic N) is 5. The van der Waals surface area contributed by atoms with Crippen LogP contribution in [0.2, 0.25) is 0 Å². The van der Waals surface area contributed by atoms with E-state index in [9.17, 15) is 9.59 Å². The second kappa shape index (κ2) is 7.23. The van der Waals surface area contributed by atoms with Crippen LogP contribution in [0.1, 0.15) is 17.5 Å². The number of carbonyl (C=O) groups is 1. The van der Waals surface area contributed by atoms with Crippen LogP contribution < -0.4 is 10.6 Å². The van der Waals surface area contributed by atoms with E-state index >= 15 is 0 Å². The molecule has 2 heterocycles. The predicted molar refractivity (Wildman–Crippen MR) is 98.0 cm³/mol. The molecule has 132 valence electrons. The maximum absolute atomic E-state index is 12.9. The minimum Gasteiger partial charge on any atom is -0.310 e. The molecule has 0 aliphatic rings. The Kier molecular flexibility index (Phi) is 4.85. The Morgan fingerprint density at radius 2 is 2.04 bits per heavy atom. The van der Waals surface area contributed by atoms with E-state index in [1.165, 1.54) is 9.30 Å². The van der Waals surface area contributed by atoms with Crippen molar-refractivity contribution in [3.05, 3.63) is 64.2 Å². The number of anilines is 1. The number of amides is 1. The molecule has 7 nitrogen and oxygen atoms in total. The van der Waals surface area contributed by atoms with Crippen molar-refractivity contribution in [3.63, 3.8) is 0 Å². The highest BCUT2D eigenvalue weighted by molar-refractivity contribution is 5.93. The average Bonchev–Trinajstić information content (AvgIpc) is 2.94. The standard InChI is InChI=1S/C19H19N5O2/c1-14-7-8-16(12-15(14)2)22(11-5-9-20)18(25)13-24-19(26)23-10-4-3-6-17(23)21-24/h3-4,6-8,10,12H,5,11,13H2,1-2H3. The summed E-state index contributed by atoms with van der Waals surface area (Å²) in [7, 11) is 0. The van der Waals surface area contributed by atoms with Gasteiger partial charge in [0.2, 0.25) is 5.91 Å². The first-order valence-electron chi connectivity index (χ1n) is 8.30. The number of pyridine rings is 1. The normalized spacial score (nSPS) is 10.7. The summed E-state index contributed by atoms with van der Waals surface area (Å²) in [5.41, 5.74) is 3.01. The predicted octanol–water partition coefficient (Wildman–Crippen LogP) is 2.06. The average molecular weight is 349 g/mol. The number of aryl methyl sites for hydroxylation is 2. The second-order valence-electron chi connectivity index (χ2n) is 6.09. The van der Waals surface area contributed by atoms with Crippen LogP contribution in [-0.2, 0) is 11.3 Å². The van der Waals surface area contributed by atoms with Crippen LogP contribution >= 0.6 is 0 Å². The molecule has 0 saturated heterocycles. The van der Waals surface area contributed by atoms with Crippen LogP contribution in [0.3, 0.4) is 0 Å². The van der Waals surface area contributed by atoms with Crippen LogP contribution in [0.4, 0.5) is 5.69 Å². The Hall–Kier alpha value is -3.40. The van der Waals surface area contributed by atoms with Crippen LogP contribution in [0.5, 0.6) is 0 Å². The summed E-state index contributed by atoms with van der Waals surface area (Å²) in [6.45, 7) is 4.05. The highest BCUT2D eigenvalue weighted by Crippen LogP contribution is 2.19. The molecule has 0 spiro atoms. The lowest BCUT2D eigenvalue weighted by atomic mass is 10.1. The number of rotatable bonds is 5. The van der Waals surface area contributed by atoms with Gasteiger partial charge in [0.15, 0.2) is 5.65 Å². The fraction of sp³-hybridized carbons (Fsp3) is 0.263.